The molecule has 0 radical (unpaired) electrons. The zero-order valence-corrected chi connectivity index (χ0v) is 12.0. The van der Waals surface area contributed by atoms with Gasteiger partial charge in [0.05, 0.1) is 6.10 Å². The molecule has 1 aromatic carbocycles. The normalized spacial score (nSPS) is 27.8. The Morgan fingerprint density at radius 3 is 2.95 bits per heavy atom. The van der Waals surface area contributed by atoms with Gasteiger partial charge in [0.1, 0.15) is 5.75 Å². The topological polar surface area (TPSA) is 21.3 Å². The first-order valence-corrected chi connectivity index (χ1v) is 7.85. The van der Waals surface area contributed by atoms with Gasteiger partial charge < -0.3 is 10.1 Å². The largest absolute Gasteiger partial charge is 0.490 e. The molecule has 1 saturated heterocycles. The summed E-state index contributed by atoms with van der Waals surface area (Å²) >= 11 is 0. The van der Waals surface area contributed by atoms with Crippen molar-refractivity contribution in [2.24, 2.45) is 0 Å². The lowest BCUT2D eigenvalue weighted by Crippen LogP contribution is -2.41. The maximum atomic E-state index is 5.95. The SMILES string of the molecule is CCC1(c2cccc(OC3CC3)c2)CCCCCN1. The lowest BCUT2D eigenvalue weighted by atomic mass is 9.83. The van der Waals surface area contributed by atoms with Gasteiger partial charge in [-0.15, -0.1) is 0 Å². The highest BCUT2D eigenvalue weighted by atomic mass is 16.5. The third-order valence-electron chi connectivity index (χ3n) is 4.56. The first-order valence-electron chi connectivity index (χ1n) is 7.85. The molecule has 1 heterocycles. The molecule has 0 spiro atoms. The van der Waals surface area contributed by atoms with E-state index < -0.39 is 0 Å². The van der Waals surface area contributed by atoms with Crippen LogP contribution < -0.4 is 10.1 Å². The maximum absolute atomic E-state index is 5.95. The summed E-state index contributed by atoms with van der Waals surface area (Å²) in [6, 6.07) is 8.78. The van der Waals surface area contributed by atoms with E-state index in [1.165, 1.54) is 44.1 Å². The second kappa shape index (κ2) is 5.54. The molecule has 2 nitrogen and oxygen atoms in total. The van der Waals surface area contributed by atoms with E-state index in [4.69, 9.17) is 4.74 Å². The summed E-state index contributed by atoms with van der Waals surface area (Å²) in [7, 11) is 0. The average Bonchev–Trinajstić information content (AvgIpc) is 3.25. The number of rotatable bonds is 4. The standard InChI is InChI=1S/C17H25NO/c1-2-17(11-4-3-5-12-18-17)14-7-6-8-16(13-14)19-15-9-10-15/h6-8,13,15,18H,2-5,9-12H2,1H3. The van der Waals surface area contributed by atoms with Crippen LogP contribution in [0.15, 0.2) is 24.3 Å². The molecular weight excluding hydrogens is 234 g/mol. The second-order valence-corrected chi connectivity index (χ2v) is 6.02. The third-order valence-corrected chi connectivity index (χ3v) is 4.56. The van der Waals surface area contributed by atoms with Crippen molar-refractivity contribution in [3.8, 4) is 5.75 Å². The molecule has 1 aliphatic heterocycles. The lowest BCUT2D eigenvalue weighted by Gasteiger charge is -2.33. The summed E-state index contributed by atoms with van der Waals surface area (Å²) in [5, 5.41) is 3.80. The highest BCUT2D eigenvalue weighted by Crippen LogP contribution is 2.35. The molecular formula is C17H25NO. The van der Waals surface area contributed by atoms with Crippen molar-refractivity contribution in [1.82, 2.24) is 5.32 Å². The van der Waals surface area contributed by atoms with Crippen LogP contribution in [0, 0.1) is 0 Å². The Bertz CT molecular complexity index is 417. The molecule has 2 heteroatoms. The van der Waals surface area contributed by atoms with Gasteiger partial charge in [-0.1, -0.05) is 31.9 Å². The molecule has 0 amide bonds. The van der Waals surface area contributed by atoms with Crippen molar-refractivity contribution in [3.63, 3.8) is 0 Å². The maximum Gasteiger partial charge on any atom is 0.120 e. The zero-order valence-electron chi connectivity index (χ0n) is 12.0. The molecule has 2 aliphatic rings. The van der Waals surface area contributed by atoms with E-state index in [9.17, 15) is 0 Å². The fourth-order valence-electron chi connectivity index (χ4n) is 3.14. The molecule has 2 fully saturated rings. The number of hydrogen-bond acceptors (Lipinski definition) is 2. The van der Waals surface area contributed by atoms with E-state index in [1.807, 2.05) is 0 Å². The lowest BCUT2D eigenvalue weighted by molar-refractivity contribution is 0.293. The molecule has 1 unspecified atom stereocenters. The average molecular weight is 259 g/mol. The summed E-state index contributed by atoms with van der Waals surface area (Å²) < 4.78 is 5.95. The number of benzene rings is 1. The minimum absolute atomic E-state index is 0.166. The molecule has 19 heavy (non-hydrogen) atoms. The van der Waals surface area contributed by atoms with E-state index in [1.54, 1.807) is 0 Å². The van der Waals surface area contributed by atoms with Crippen molar-refractivity contribution >= 4 is 0 Å². The number of nitrogens with one attached hydrogen (secondary N) is 1. The van der Waals surface area contributed by atoms with Crippen LogP contribution in [0.4, 0.5) is 0 Å². The van der Waals surface area contributed by atoms with E-state index >= 15 is 0 Å². The van der Waals surface area contributed by atoms with Gasteiger partial charge in [-0.05, 0) is 56.3 Å². The Labute approximate surface area is 116 Å². The van der Waals surface area contributed by atoms with E-state index in [0.29, 0.717) is 6.10 Å². The highest BCUT2D eigenvalue weighted by Gasteiger charge is 2.31. The molecule has 1 atom stereocenters. The van der Waals surface area contributed by atoms with Crippen LogP contribution in [0.25, 0.3) is 0 Å². The minimum atomic E-state index is 0.166. The first kappa shape index (κ1) is 13.0. The van der Waals surface area contributed by atoms with Gasteiger partial charge in [0.25, 0.3) is 0 Å². The fourth-order valence-corrected chi connectivity index (χ4v) is 3.14. The van der Waals surface area contributed by atoms with E-state index in [0.717, 1.165) is 18.7 Å². The summed E-state index contributed by atoms with van der Waals surface area (Å²) in [5.41, 5.74) is 1.58. The molecule has 3 rings (SSSR count). The Morgan fingerprint density at radius 2 is 2.16 bits per heavy atom. The van der Waals surface area contributed by atoms with E-state index in [-0.39, 0.29) is 5.54 Å². The van der Waals surface area contributed by atoms with Crippen molar-refractivity contribution in [2.45, 2.75) is 63.5 Å². The van der Waals surface area contributed by atoms with Crippen LogP contribution in [-0.2, 0) is 5.54 Å². The van der Waals surface area contributed by atoms with Crippen molar-refractivity contribution in [2.75, 3.05) is 6.54 Å². The van der Waals surface area contributed by atoms with Crippen molar-refractivity contribution in [1.29, 1.82) is 0 Å². The predicted octanol–water partition coefficient (Wildman–Crippen LogP) is 4.00. The predicted molar refractivity (Wildman–Crippen MR) is 78.5 cm³/mol. The Morgan fingerprint density at radius 1 is 1.26 bits per heavy atom. The van der Waals surface area contributed by atoms with Crippen LogP contribution in [0.1, 0.15) is 57.4 Å². The molecule has 104 valence electrons. The van der Waals surface area contributed by atoms with Crippen LogP contribution in [0.2, 0.25) is 0 Å². The van der Waals surface area contributed by atoms with Crippen molar-refractivity contribution < 1.29 is 4.74 Å². The Kier molecular flexibility index (Phi) is 3.79. The molecule has 1 saturated carbocycles. The van der Waals surface area contributed by atoms with Gasteiger partial charge in [0.2, 0.25) is 0 Å². The monoisotopic (exact) mass is 259 g/mol. The van der Waals surface area contributed by atoms with E-state index in [2.05, 4.69) is 36.5 Å². The molecule has 1 aromatic rings. The van der Waals surface area contributed by atoms with Crippen LogP contribution in [0.3, 0.4) is 0 Å². The molecule has 1 N–H and O–H groups in total. The van der Waals surface area contributed by atoms with Gasteiger partial charge in [0.15, 0.2) is 0 Å². The number of ether oxygens (including phenoxy) is 1. The van der Waals surface area contributed by atoms with Gasteiger partial charge in [-0.25, -0.2) is 0 Å². The van der Waals surface area contributed by atoms with Crippen molar-refractivity contribution in [3.05, 3.63) is 29.8 Å². The highest BCUT2D eigenvalue weighted by molar-refractivity contribution is 5.34. The van der Waals surface area contributed by atoms with Gasteiger partial charge in [-0.3, -0.25) is 0 Å². The zero-order chi connectivity index (χ0) is 13.1. The van der Waals surface area contributed by atoms with Gasteiger partial charge in [0, 0.05) is 5.54 Å². The fraction of sp³-hybridized carbons (Fsp3) is 0.647. The number of hydrogen-bond donors (Lipinski definition) is 1. The second-order valence-electron chi connectivity index (χ2n) is 6.02. The third kappa shape index (κ3) is 2.94. The molecule has 0 aromatic heterocycles. The summed E-state index contributed by atoms with van der Waals surface area (Å²) in [6.45, 7) is 3.44. The van der Waals surface area contributed by atoms with Crippen LogP contribution in [0.5, 0.6) is 5.75 Å². The van der Waals surface area contributed by atoms with Gasteiger partial charge >= 0.3 is 0 Å². The quantitative estimate of drug-likeness (QED) is 0.882. The smallest absolute Gasteiger partial charge is 0.120 e. The van der Waals surface area contributed by atoms with Crippen LogP contribution in [-0.4, -0.2) is 12.6 Å². The molecule has 1 aliphatic carbocycles. The molecule has 0 bridgehead atoms. The first-order chi connectivity index (χ1) is 9.32. The van der Waals surface area contributed by atoms with Gasteiger partial charge in [-0.2, -0.15) is 0 Å². The minimum Gasteiger partial charge on any atom is -0.490 e. The Hall–Kier alpha value is -1.02. The summed E-state index contributed by atoms with van der Waals surface area (Å²) in [4.78, 5) is 0. The summed E-state index contributed by atoms with van der Waals surface area (Å²) in [6.07, 6.45) is 9.32. The Balaban J connectivity index is 1.84. The van der Waals surface area contributed by atoms with Crippen LogP contribution >= 0.6 is 0 Å². The summed E-state index contributed by atoms with van der Waals surface area (Å²) in [5.74, 6) is 1.05.